The van der Waals surface area contributed by atoms with Crippen LogP contribution in [0.25, 0.3) is 0 Å². The molecule has 0 aromatic heterocycles. The molecule has 1 atom stereocenters. The number of nitrogens with two attached hydrogens (primary N) is 1. The van der Waals surface area contributed by atoms with Crippen LogP contribution < -0.4 is 11.1 Å². The highest BCUT2D eigenvalue weighted by Crippen LogP contribution is 1.99. The predicted octanol–water partition coefficient (Wildman–Crippen LogP) is 0.608. The van der Waals surface area contributed by atoms with E-state index in [1.54, 1.807) is 0 Å². The van der Waals surface area contributed by atoms with Crippen molar-refractivity contribution in [1.29, 1.82) is 0 Å². The Balaban J connectivity index is 3.34. The van der Waals surface area contributed by atoms with Crippen LogP contribution in [0.5, 0.6) is 0 Å². The second-order valence-corrected chi connectivity index (χ2v) is 6.01. The molecule has 0 aliphatic heterocycles. The van der Waals surface area contributed by atoms with E-state index in [0.717, 1.165) is 12.8 Å². The summed E-state index contributed by atoms with van der Waals surface area (Å²) in [5.41, 5.74) is 5.63. The van der Waals surface area contributed by atoms with E-state index in [1.807, 2.05) is 6.92 Å². The number of rotatable bonds is 18. The Hall–Kier alpha value is -1.35. The zero-order valence-corrected chi connectivity index (χ0v) is 16.1. The summed E-state index contributed by atoms with van der Waals surface area (Å²) in [6.07, 6.45) is 3.30. The molecule has 8 heteroatoms. The van der Waals surface area contributed by atoms with Gasteiger partial charge in [-0.3, -0.25) is 14.4 Å². The van der Waals surface area contributed by atoms with Gasteiger partial charge in [-0.1, -0.05) is 0 Å². The largest absolute Gasteiger partial charge is 0.379 e. The molecule has 0 spiro atoms. The molecule has 0 aliphatic rings. The average Bonchev–Trinajstić information content (AvgIpc) is 2.61. The van der Waals surface area contributed by atoms with Crippen molar-refractivity contribution in [1.82, 2.24) is 5.32 Å². The van der Waals surface area contributed by atoms with Gasteiger partial charge < -0.3 is 25.3 Å². The molecule has 0 radical (unpaired) electrons. The fourth-order valence-electron chi connectivity index (χ4n) is 2.02. The number of ether oxygens (including phenoxy) is 3. The molecule has 8 nitrogen and oxygen atoms in total. The number of hydrogen-bond acceptors (Lipinski definition) is 7. The highest BCUT2D eigenvalue weighted by molar-refractivity contribution is 5.81. The maximum atomic E-state index is 11.5. The van der Waals surface area contributed by atoms with Crippen molar-refractivity contribution < 1.29 is 28.6 Å². The molecular weight excluding hydrogens is 340 g/mol. The molecule has 0 saturated heterocycles. The Morgan fingerprint density at radius 3 is 2.38 bits per heavy atom. The van der Waals surface area contributed by atoms with Gasteiger partial charge in [0.25, 0.3) is 0 Å². The summed E-state index contributed by atoms with van der Waals surface area (Å²) < 4.78 is 15.6. The molecule has 0 aromatic carbocycles. The number of nitrogens with one attached hydrogen (secondary N) is 1. The van der Waals surface area contributed by atoms with Gasteiger partial charge in [-0.25, -0.2) is 0 Å². The van der Waals surface area contributed by atoms with Gasteiger partial charge in [0.1, 0.15) is 19.0 Å². The van der Waals surface area contributed by atoms with E-state index in [0.29, 0.717) is 52.2 Å². The van der Waals surface area contributed by atoms with Crippen molar-refractivity contribution in [3.05, 3.63) is 0 Å². The molecule has 0 unspecified atom stereocenters. The molecule has 0 aromatic rings. The summed E-state index contributed by atoms with van der Waals surface area (Å²) in [6.45, 7) is 5.76. The number of carbonyl (C=O) groups excluding carboxylic acids is 3. The first-order chi connectivity index (χ1) is 12.5. The standard InChI is InChI=1S/C18H34N2O6/c1-3-24-13-16(22)7-6-10-25-11-12-26-14-18(23)20-9-5-4-8-17(19)15(2)21/h17H,3-14,19H2,1-2H3,(H,20,23)/t17-/m0/s1. The van der Waals surface area contributed by atoms with Gasteiger partial charge in [-0.2, -0.15) is 0 Å². The summed E-state index contributed by atoms with van der Waals surface area (Å²) in [5, 5.41) is 2.75. The zero-order valence-electron chi connectivity index (χ0n) is 16.1. The van der Waals surface area contributed by atoms with Gasteiger partial charge in [-0.15, -0.1) is 0 Å². The third-order valence-corrected chi connectivity index (χ3v) is 3.60. The summed E-state index contributed by atoms with van der Waals surface area (Å²) in [5.74, 6) is -0.115. The highest BCUT2D eigenvalue weighted by Gasteiger charge is 2.07. The lowest BCUT2D eigenvalue weighted by atomic mass is 10.1. The Morgan fingerprint density at radius 1 is 0.962 bits per heavy atom. The molecule has 0 aliphatic carbocycles. The maximum absolute atomic E-state index is 11.5. The lowest BCUT2D eigenvalue weighted by molar-refractivity contribution is -0.126. The Labute approximate surface area is 156 Å². The van der Waals surface area contributed by atoms with Crippen molar-refractivity contribution in [3.8, 4) is 0 Å². The van der Waals surface area contributed by atoms with Crippen molar-refractivity contribution in [2.75, 3.05) is 46.2 Å². The second kappa shape index (κ2) is 17.1. The molecular formula is C18H34N2O6. The van der Waals surface area contributed by atoms with Crippen LogP contribution in [0.1, 0.15) is 46.0 Å². The number of unbranched alkanes of at least 4 members (excludes halogenated alkanes) is 1. The van der Waals surface area contributed by atoms with Crippen LogP contribution in [0, 0.1) is 0 Å². The average molecular weight is 374 g/mol. The smallest absolute Gasteiger partial charge is 0.245 e. The number of Topliss-reactive ketones (excluding diaryl/α,β-unsaturated/α-hetero) is 2. The lowest BCUT2D eigenvalue weighted by Gasteiger charge is -2.09. The number of carbonyl (C=O) groups is 3. The summed E-state index contributed by atoms with van der Waals surface area (Å²) in [4.78, 5) is 33.8. The Kier molecular flexibility index (Phi) is 16.2. The topological polar surface area (TPSA) is 117 Å². The SMILES string of the molecule is CCOCC(=O)CCCOCCOCC(=O)NCCCC[C@H](N)C(C)=O. The molecule has 0 fully saturated rings. The molecule has 3 N–H and O–H groups in total. The van der Waals surface area contributed by atoms with Gasteiger partial charge in [0.05, 0.1) is 19.3 Å². The molecule has 0 rings (SSSR count). The van der Waals surface area contributed by atoms with Gasteiger partial charge in [0.15, 0.2) is 5.78 Å². The number of amides is 1. The van der Waals surface area contributed by atoms with Gasteiger partial charge in [0.2, 0.25) is 5.91 Å². The highest BCUT2D eigenvalue weighted by atomic mass is 16.5. The zero-order chi connectivity index (χ0) is 19.6. The van der Waals surface area contributed by atoms with Crippen molar-refractivity contribution >= 4 is 17.5 Å². The normalized spacial score (nSPS) is 12.0. The van der Waals surface area contributed by atoms with E-state index in [4.69, 9.17) is 19.9 Å². The van der Waals surface area contributed by atoms with Gasteiger partial charge in [0, 0.05) is 26.2 Å². The van der Waals surface area contributed by atoms with Gasteiger partial charge >= 0.3 is 0 Å². The molecule has 26 heavy (non-hydrogen) atoms. The fraction of sp³-hybridized carbons (Fsp3) is 0.833. The van der Waals surface area contributed by atoms with Crippen LogP contribution >= 0.6 is 0 Å². The predicted molar refractivity (Wildman–Crippen MR) is 97.9 cm³/mol. The first-order valence-electron chi connectivity index (χ1n) is 9.25. The van der Waals surface area contributed by atoms with E-state index in [9.17, 15) is 14.4 Å². The Morgan fingerprint density at radius 2 is 1.69 bits per heavy atom. The van der Waals surface area contributed by atoms with E-state index in [1.165, 1.54) is 6.92 Å². The summed E-state index contributed by atoms with van der Waals surface area (Å²) in [6, 6.07) is -0.406. The molecule has 152 valence electrons. The third kappa shape index (κ3) is 16.1. The summed E-state index contributed by atoms with van der Waals surface area (Å²) >= 11 is 0. The van der Waals surface area contributed by atoms with E-state index >= 15 is 0 Å². The molecule has 0 bridgehead atoms. The molecule has 0 heterocycles. The minimum atomic E-state index is -0.406. The van der Waals surface area contributed by atoms with Crippen LogP contribution in [0.4, 0.5) is 0 Å². The minimum absolute atomic E-state index is 0.0108. The van der Waals surface area contributed by atoms with Gasteiger partial charge in [-0.05, 0) is 39.5 Å². The third-order valence-electron chi connectivity index (χ3n) is 3.60. The minimum Gasteiger partial charge on any atom is -0.379 e. The van der Waals surface area contributed by atoms with Crippen LogP contribution in [-0.2, 0) is 28.6 Å². The van der Waals surface area contributed by atoms with Crippen molar-refractivity contribution in [3.63, 3.8) is 0 Å². The number of ketones is 2. The van der Waals surface area contributed by atoms with E-state index in [2.05, 4.69) is 5.32 Å². The Bertz CT molecular complexity index is 403. The quantitative estimate of drug-likeness (QED) is 0.338. The lowest BCUT2D eigenvalue weighted by Crippen LogP contribution is -2.30. The maximum Gasteiger partial charge on any atom is 0.245 e. The van der Waals surface area contributed by atoms with E-state index in [-0.39, 0.29) is 30.7 Å². The monoisotopic (exact) mass is 374 g/mol. The number of hydrogen-bond donors (Lipinski definition) is 2. The fourth-order valence-corrected chi connectivity index (χ4v) is 2.02. The van der Waals surface area contributed by atoms with Crippen LogP contribution in [0.15, 0.2) is 0 Å². The molecule has 0 saturated carbocycles. The van der Waals surface area contributed by atoms with Crippen LogP contribution in [-0.4, -0.2) is 69.7 Å². The first-order valence-corrected chi connectivity index (χ1v) is 9.25. The molecule has 1 amide bonds. The van der Waals surface area contributed by atoms with Crippen molar-refractivity contribution in [2.45, 2.75) is 52.0 Å². The second-order valence-electron chi connectivity index (χ2n) is 6.01. The first kappa shape index (κ1) is 24.7. The van der Waals surface area contributed by atoms with Crippen LogP contribution in [0.3, 0.4) is 0 Å². The van der Waals surface area contributed by atoms with Crippen molar-refractivity contribution in [2.24, 2.45) is 5.73 Å². The van der Waals surface area contributed by atoms with Crippen LogP contribution in [0.2, 0.25) is 0 Å². The van der Waals surface area contributed by atoms with E-state index < -0.39 is 6.04 Å². The summed E-state index contributed by atoms with van der Waals surface area (Å²) in [7, 11) is 0.